The molecule has 1 heterocycles. The zero-order chi connectivity index (χ0) is 13.0. The summed E-state index contributed by atoms with van der Waals surface area (Å²) in [4.78, 5) is 16.4. The topological polar surface area (TPSA) is 34.9 Å². The number of ketones is 1. The van der Waals surface area contributed by atoms with Gasteiger partial charge in [0.25, 0.3) is 0 Å². The highest BCUT2D eigenvalue weighted by atomic mass is 79.9. The van der Waals surface area contributed by atoms with Gasteiger partial charge >= 0.3 is 0 Å². The molecule has 4 heteroatoms. The minimum absolute atomic E-state index is 0.103. The van der Waals surface area contributed by atoms with Crippen molar-refractivity contribution in [3.63, 3.8) is 0 Å². The van der Waals surface area contributed by atoms with Gasteiger partial charge in [0.2, 0.25) is 0 Å². The van der Waals surface area contributed by atoms with Crippen LogP contribution in [0.4, 0.5) is 0 Å². The molecule has 0 amide bonds. The normalized spacial score (nSPS) is 10.6. The van der Waals surface area contributed by atoms with E-state index in [9.17, 15) is 4.79 Å². The van der Waals surface area contributed by atoms with Gasteiger partial charge in [-0.25, -0.2) is 4.98 Å². The number of imidazole rings is 1. The molecule has 0 aliphatic heterocycles. The molecule has 3 nitrogen and oxygen atoms in total. The van der Waals surface area contributed by atoms with Crippen molar-refractivity contribution in [3.8, 4) is 0 Å². The summed E-state index contributed by atoms with van der Waals surface area (Å²) in [5.74, 6) is 0.941. The van der Waals surface area contributed by atoms with E-state index in [2.05, 4.69) is 27.8 Å². The quantitative estimate of drug-likeness (QED) is 0.793. The van der Waals surface area contributed by atoms with Crippen LogP contribution in [0.15, 0.2) is 41.1 Å². The highest BCUT2D eigenvalue weighted by Crippen LogP contribution is 2.12. The van der Waals surface area contributed by atoms with E-state index >= 15 is 0 Å². The van der Waals surface area contributed by atoms with Gasteiger partial charge in [-0.2, -0.15) is 0 Å². The summed E-state index contributed by atoms with van der Waals surface area (Å²) in [7, 11) is 0. The van der Waals surface area contributed by atoms with Gasteiger partial charge in [0.1, 0.15) is 5.82 Å². The van der Waals surface area contributed by atoms with E-state index in [0.29, 0.717) is 6.42 Å². The third-order valence-electron chi connectivity index (χ3n) is 2.75. The Morgan fingerprint density at radius 2 is 2.06 bits per heavy atom. The molecule has 1 aromatic heterocycles. The van der Waals surface area contributed by atoms with Crippen molar-refractivity contribution < 1.29 is 4.79 Å². The van der Waals surface area contributed by atoms with Gasteiger partial charge in [-0.3, -0.25) is 4.79 Å². The molecule has 0 aliphatic carbocycles. The van der Waals surface area contributed by atoms with Crippen molar-refractivity contribution in [1.82, 2.24) is 9.55 Å². The third-order valence-corrected chi connectivity index (χ3v) is 3.28. The standard InChI is InChI=1S/C14H15BrN2O/c1-2-8-17-9-7-16-14(17)10-13(18)11-3-5-12(15)6-4-11/h3-7,9H,2,8,10H2,1H3. The Morgan fingerprint density at radius 1 is 1.33 bits per heavy atom. The van der Waals surface area contributed by atoms with E-state index in [-0.39, 0.29) is 5.78 Å². The molecule has 1 aromatic carbocycles. The summed E-state index contributed by atoms with van der Waals surface area (Å²) in [6.45, 7) is 3.02. The molecule has 0 saturated heterocycles. The van der Waals surface area contributed by atoms with E-state index in [1.165, 1.54) is 0 Å². The molecule has 0 bridgehead atoms. The Hall–Kier alpha value is -1.42. The number of carbonyl (C=O) groups excluding carboxylic acids is 1. The summed E-state index contributed by atoms with van der Waals surface area (Å²) in [5, 5.41) is 0. The van der Waals surface area contributed by atoms with Crippen molar-refractivity contribution >= 4 is 21.7 Å². The number of hydrogen-bond acceptors (Lipinski definition) is 2. The lowest BCUT2D eigenvalue weighted by Gasteiger charge is -2.05. The van der Waals surface area contributed by atoms with Crippen LogP contribution in [0.2, 0.25) is 0 Å². The van der Waals surface area contributed by atoms with E-state index < -0.39 is 0 Å². The van der Waals surface area contributed by atoms with E-state index in [1.807, 2.05) is 35.0 Å². The summed E-state index contributed by atoms with van der Waals surface area (Å²) in [6, 6.07) is 7.43. The van der Waals surface area contributed by atoms with Gasteiger partial charge in [-0.05, 0) is 18.6 Å². The molecule has 2 aromatic rings. The molecule has 0 aliphatic rings. The molecule has 0 saturated carbocycles. The lowest BCUT2D eigenvalue weighted by molar-refractivity contribution is 0.0989. The summed E-state index contributed by atoms with van der Waals surface area (Å²) >= 11 is 3.36. The van der Waals surface area contributed by atoms with Gasteiger partial charge in [0.15, 0.2) is 5.78 Å². The van der Waals surface area contributed by atoms with Gasteiger partial charge in [-0.1, -0.05) is 35.0 Å². The maximum absolute atomic E-state index is 12.1. The Kier molecular flexibility index (Phi) is 4.31. The molecule has 2 rings (SSSR count). The molecule has 0 radical (unpaired) electrons. The molecular weight excluding hydrogens is 292 g/mol. The number of aryl methyl sites for hydroxylation is 1. The van der Waals surface area contributed by atoms with Crippen molar-refractivity contribution in [2.45, 2.75) is 26.3 Å². The lowest BCUT2D eigenvalue weighted by atomic mass is 10.1. The lowest BCUT2D eigenvalue weighted by Crippen LogP contribution is -2.10. The number of carbonyl (C=O) groups is 1. The minimum Gasteiger partial charge on any atom is -0.335 e. The van der Waals surface area contributed by atoms with Crippen molar-refractivity contribution in [2.24, 2.45) is 0 Å². The summed E-state index contributed by atoms with van der Waals surface area (Å²) < 4.78 is 3.02. The first-order valence-corrected chi connectivity index (χ1v) is 6.78. The van der Waals surface area contributed by atoms with Crippen molar-refractivity contribution in [2.75, 3.05) is 0 Å². The van der Waals surface area contributed by atoms with Crippen LogP contribution in [0.3, 0.4) is 0 Å². The Labute approximate surface area is 115 Å². The number of hydrogen-bond donors (Lipinski definition) is 0. The second kappa shape index (κ2) is 5.96. The summed E-state index contributed by atoms with van der Waals surface area (Å²) in [5.41, 5.74) is 0.726. The Bertz CT molecular complexity index is 531. The molecule has 0 fully saturated rings. The monoisotopic (exact) mass is 306 g/mol. The maximum atomic E-state index is 12.1. The van der Waals surface area contributed by atoms with Crippen LogP contribution in [0, 0.1) is 0 Å². The molecular formula is C14H15BrN2O. The largest absolute Gasteiger partial charge is 0.335 e. The van der Waals surface area contributed by atoms with Gasteiger partial charge in [-0.15, -0.1) is 0 Å². The van der Waals surface area contributed by atoms with Gasteiger partial charge in [0, 0.05) is 29.0 Å². The predicted molar refractivity (Wildman–Crippen MR) is 74.7 cm³/mol. The third kappa shape index (κ3) is 3.07. The Morgan fingerprint density at radius 3 is 2.72 bits per heavy atom. The maximum Gasteiger partial charge on any atom is 0.170 e. The zero-order valence-electron chi connectivity index (χ0n) is 10.3. The number of nitrogens with zero attached hydrogens (tertiary/aromatic N) is 2. The molecule has 0 spiro atoms. The zero-order valence-corrected chi connectivity index (χ0v) is 11.9. The van der Waals surface area contributed by atoms with Crippen LogP contribution in [0.5, 0.6) is 0 Å². The fraction of sp³-hybridized carbons (Fsp3) is 0.286. The number of Topliss-reactive ketones (excluding diaryl/α,β-unsaturated/α-hetero) is 1. The van der Waals surface area contributed by atoms with Crippen LogP contribution in [-0.4, -0.2) is 15.3 Å². The SMILES string of the molecule is CCCn1ccnc1CC(=O)c1ccc(Br)cc1. The number of aromatic nitrogens is 2. The molecule has 94 valence electrons. The van der Waals surface area contributed by atoms with Crippen LogP contribution in [0.1, 0.15) is 29.5 Å². The highest BCUT2D eigenvalue weighted by molar-refractivity contribution is 9.10. The fourth-order valence-corrected chi connectivity index (χ4v) is 2.10. The van der Waals surface area contributed by atoms with Crippen LogP contribution in [0.25, 0.3) is 0 Å². The average molecular weight is 307 g/mol. The second-order valence-corrected chi connectivity index (χ2v) is 5.06. The second-order valence-electron chi connectivity index (χ2n) is 4.14. The molecule has 0 N–H and O–H groups in total. The van der Waals surface area contributed by atoms with E-state index in [4.69, 9.17) is 0 Å². The smallest absolute Gasteiger partial charge is 0.170 e. The Balaban J connectivity index is 2.11. The predicted octanol–water partition coefficient (Wildman–Crippen LogP) is 3.48. The van der Waals surface area contributed by atoms with Gasteiger partial charge < -0.3 is 4.57 Å². The fourth-order valence-electron chi connectivity index (χ4n) is 1.83. The highest BCUT2D eigenvalue weighted by Gasteiger charge is 2.10. The average Bonchev–Trinajstić information content (AvgIpc) is 2.78. The van der Waals surface area contributed by atoms with Gasteiger partial charge in [0.05, 0.1) is 6.42 Å². The van der Waals surface area contributed by atoms with Crippen LogP contribution >= 0.6 is 15.9 Å². The van der Waals surface area contributed by atoms with E-state index in [1.54, 1.807) is 6.20 Å². The first-order chi connectivity index (χ1) is 8.70. The number of halogens is 1. The molecule has 18 heavy (non-hydrogen) atoms. The number of rotatable bonds is 5. The van der Waals surface area contributed by atoms with Crippen molar-refractivity contribution in [3.05, 3.63) is 52.5 Å². The summed E-state index contributed by atoms with van der Waals surface area (Å²) in [6.07, 6.45) is 5.07. The first-order valence-electron chi connectivity index (χ1n) is 5.99. The first kappa shape index (κ1) is 13.0. The van der Waals surface area contributed by atoms with Crippen molar-refractivity contribution in [1.29, 1.82) is 0 Å². The minimum atomic E-state index is 0.103. The number of benzene rings is 1. The van der Waals surface area contributed by atoms with E-state index in [0.717, 1.165) is 28.8 Å². The van der Waals surface area contributed by atoms with Crippen LogP contribution in [-0.2, 0) is 13.0 Å². The molecule has 0 atom stereocenters. The van der Waals surface area contributed by atoms with Crippen LogP contribution < -0.4 is 0 Å². The molecule has 0 unspecified atom stereocenters.